The van der Waals surface area contributed by atoms with Gasteiger partial charge in [-0.25, -0.2) is 0 Å². The minimum Gasteiger partial charge on any atom is -0.481 e. The van der Waals surface area contributed by atoms with E-state index in [1.54, 1.807) is 18.2 Å². The SMILES string of the molecule is NC(=O)c1ccc(Br)cc1NC1CCCC1C(=O)O. The third kappa shape index (κ3) is 3.07. The van der Waals surface area contributed by atoms with Crippen molar-refractivity contribution >= 4 is 33.5 Å². The molecule has 0 spiro atoms. The lowest BCUT2D eigenvalue weighted by Gasteiger charge is -2.20. The third-order valence-corrected chi connectivity index (χ3v) is 3.91. The number of primary amides is 1. The normalized spacial score (nSPS) is 22.2. The molecule has 5 nitrogen and oxygen atoms in total. The molecule has 0 bridgehead atoms. The summed E-state index contributed by atoms with van der Waals surface area (Å²) in [4.78, 5) is 22.5. The number of rotatable bonds is 4. The van der Waals surface area contributed by atoms with Gasteiger partial charge in [-0.05, 0) is 31.0 Å². The van der Waals surface area contributed by atoms with Crippen LogP contribution in [0, 0.1) is 5.92 Å². The van der Waals surface area contributed by atoms with Crippen molar-refractivity contribution in [1.82, 2.24) is 0 Å². The first kappa shape index (κ1) is 13.9. The first-order chi connectivity index (χ1) is 8.99. The van der Waals surface area contributed by atoms with Crippen molar-refractivity contribution in [1.29, 1.82) is 0 Å². The summed E-state index contributed by atoms with van der Waals surface area (Å²) in [5.41, 5.74) is 6.28. The minimum atomic E-state index is -0.800. The summed E-state index contributed by atoms with van der Waals surface area (Å²) in [6.45, 7) is 0. The van der Waals surface area contributed by atoms with E-state index in [1.165, 1.54) is 0 Å². The van der Waals surface area contributed by atoms with Crippen LogP contribution in [0.5, 0.6) is 0 Å². The Labute approximate surface area is 119 Å². The van der Waals surface area contributed by atoms with Gasteiger partial charge in [0.15, 0.2) is 0 Å². The van der Waals surface area contributed by atoms with Crippen molar-refractivity contribution in [3.05, 3.63) is 28.2 Å². The zero-order valence-electron chi connectivity index (χ0n) is 10.2. The number of nitrogens with one attached hydrogen (secondary N) is 1. The molecule has 1 saturated carbocycles. The van der Waals surface area contributed by atoms with Gasteiger partial charge in [0.2, 0.25) is 0 Å². The summed E-state index contributed by atoms with van der Waals surface area (Å²) < 4.78 is 0.810. The topological polar surface area (TPSA) is 92.4 Å². The molecule has 2 unspecified atom stereocenters. The van der Waals surface area contributed by atoms with Crippen molar-refractivity contribution in [2.45, 2.75) is 25.3 Å². The number of hydrogen-bond donors (Lipinski definition) is 3. The Morgan fingerprint density at radius 2 is 2.11 bits per heavy atom. The van der Waals surface area contributed by atoms with Gasteiger partial charge in [-0.1, -0.05) is 22.4 Å². The minimum absolute atomic E-state index is 0.162. The Kier molecular flexibility index (Phi) is 4.09. The van der Waals surface area contributed by atoms with Crippen LogP contribution in [0.25, 0.3) is 0 Å². The molecule has 4 N–H and O–H groups in total. The van der Waals surface area contributed by atoms with Crippen LogP contribution in [-0.2, 0) is 4.79 Å². The fourth-order valence-corrected chi connectivity index (χ4v) is 2.84. The number of carbonyl (C=O) groups is 2. The molecule has 0 saturated heterocycles. The first-order valence-corrected chi connectivity index (χ1v) is 6.87. The number of aliphatic carboxylic acids is 1. The molecule has 0 radical (unpaired) electrons. The molecule has 2 atom stereocenters. The number of hydrogen-bond acceptors (Lipinski definition) is 3. The summed E-state index contributed by atoms with van der Waals surface area (Å²) in [7, 11) is 0. The van der Waals surface area contributed by atoms with E-state index in [0.29, 0.717) is 17.7 Å². The average molecular weight is 327 g/mol. The van der Waals surface area contributed by atoms with E-state index in [0.717, 1.165) is 17.3 Å². The Morgan fingerprint density at radius 1 is 1.37 bits per heavy atom. The molecule has 2 rings (SSSR count). The Morgan fingerprint density at radius 3 is 2.74 bits per heavy atom. The molecular weight excluding hydrogens is 312 g/mol. The highest BCUT2D eigenvalue weighted by atomic mass is 79.9. The van der Waals surface area contributed by atoms with Crippen LogP contribution in [0.15, 0.2) is 22.7 Å². The first-order valence-electron chi connectivity index (χ1n) is 6.07. The Balaban J connectivity index is 2.25. The maximum atomic E-state index is 11.4. The average Bonchev–Trinajstić information content (AvgIpc) is 2.76. The zero-order chi connectivity index (χ0) is 14.0. The largest absolute Gasteiger partial charge is 0.481 e. The lowest BCUT2D eigenvalue weighted by molar-refractivity contribution is -0.141. The van der Waals surface area contributed by atoms with Crippen molar-refractivity contribution in [3.8, 4) is 0 Å². The fraction of sp³-hybridized carbons (Fsp3) is 0.385. The maximum Gasteiger partial charge on any atom is 0.308 e. The van der Waals surface area contributed by atoms with E-state index in [4.69, 9.17) is 10.8 Å². The number of nitrogens with two attached hydrogens (primary N) is 1. The molecule has 1 fully saturated rings. The van der Waals surface area contributed by atoms with Gasteiger partial charge in [0.1, 0.15) is 0 Å². The number of carboxylic acids is 1. The van der Waals surface area contributed by atoms with Crippen LogP contribution in [0.1, 0.15) is 29.6 Å². The van der Waals surface area contributed by atoms with E-state index < -0.39 is 17.8 Å². The van der Waals surface area contributed by atoms with Crippen LogP contribution in [0.3, 0.4) is 0 Å². The molecule has 102 valence electrons. The van der Waals surface area contributed by atoms with E-state index in [1.807, 2.05) is 0 Å². The van der Waals surface area contributed by atoms with Gasteiger partial charge < -0.3 is 16.2 Å². The van der Waals surface area contributed by atoms with Crippen LogP contribution < -0.4 is 11.1 Å². The predicted molar refractivity (Wildman–Crippen MR) is 75.0 cm³/mol. The Hall–Kier alpha value is -1.56. The van der Waals surface area contributed by atoms with Gasteiger partial charge in [-0.15, -0.1) is 0 Å². The highest BCUT2D eigenvalue weighted by molar-refractivity contribution is 9.10. The van der Waals surface area contributed by atoms with E-state index in [-0.39, 0.29) is 6.04 Å². The van der Waals surface area contributed by atoms with Crippen molar-refractivity contribution < 1.29 is 14.7 Å². The van der Waals surface area contributed by atoms with Crippen LogP contribution in [0.4, 0.5) is 5.69 Å². The second-order valence-corrected chi connectivity index (χ2v) is 5.60. The summed E-state index contributed by atoms with van der Waals surface area (Å²) in [5, 5.41) is 12.3. The van der Waals surface area contributed by atoms with Gasteiger partial charge in [-0.3, -0.25) is 9.59 Å². The van der Waals surface area contributed by atoms with Crippen LogP contribution in [-0.4, -0.2) is 23.0 Å². The van der Waals surface area contributed by atoms with Gasteiger partial charge >= 0.3 is 5.97 Å². The van der Waals surface area contributed by atoms with Crippen molar-refractivity contribution in [2.24, 2.45) is 11.7 Å². The van der Waals surface area contributed by atoms with E-state index >= 15 is 0 Å². The lowest BCUT2D eigenvalue weighted by Crippen LogP contribution is -2.30. The number of halogens is 1. The standard InChI is InChI=1S/C13H15BrN2O3/c14-7-4-5-8(12(15)17)11(6-7)16-10-3-1-2-9(10)13(18)19/h4-6,9-10,16H,1-3H2,(H2,15,17)(H,18,19). The number of benzene rings is 1. The number of anilines is 1. The molecule has 1 aliphatic carbocycles. The number of carboxylic acid groups (broad SMARTS) is 1. The monoisotopic (exact) mass is 326 g/mol. The summed E-state index contributed by atoms with van der Waals surface area (Å²) in [5.74, 6) is -1.75. The molecule has 0 aromatic heterocycles. The molecule has 6 heteroatoms. The molecule has 1 amide bonds. The molecule has 1 aromatic carbocycles. The zero-order valence-corrected chi connectivity index (χ0v) is 11.8. The molecule has 1 aliphatic rings. The Bertz CT molecular complexity index is 519. The lowest BCUT2D eigenvalue weighted by atomic mass is 10.0. The highest BCUT2D eigenvalue weighted by Gasteiger charge is 2.33. The quantitative estimate of drug-likeness (QED) is 0.790. The van der Waals surface area contributed by atoms with Gasteiger partial charge in [0, 0.05) is 16.2 Å². The predicted octanol–water partition coefficient (Wildman–Crippen LogP) is 2.21. The van der Waals surface area contributed by atoms with Crippen LogP contribution >= 0.6 is 15.9 Å². The summed E-state index contributed by atoms with van der Waals surface area (Å²) in [6, 6.07) is 4.94. The van der Waals surface area contributed by atoms with Crippen molar-refractivity contribution in [2.75, 3.05) is 5.32 Å². The smallest absolute Gasteiger partial charge is 0.308 e. The molecule has 19 heavy (non-hydrogen) atoms. The second-order valence-electron chi connectivity index (χ2n) is 4.68. The molecule has 0 aliphatic heterocycles. The fourth-order valence-electron chi connectivity index (χ4n) is 2.48. The highest BCUT2D eigenvalue weighted by Crippen LogP contribution is 2.31. The van der Waals surface area contributed by atoms with E-state index in [2.05, 4.69) is 21.2 Å². The molecular formula is C13H15BrN2O3. The van der Waals surface area contributed by atoms with Gasteiger partial charge in [0.05, 0.1) is 11.5 Å². The number of carbonyl (C=O) groups excluding carboxylic acids is 1. The van der Waals surface area contributed by atoms with Crippen molar-refractivity contribution in [3.63, 3.8) is 0 Å². The van der Waals surface area contributed by atoms with Gasteiger partial charge in [0.25, 0.3) is 5.91 Å². The maximum absolute atomic E-state index is 11.4. The molecule has 1 aromatic rings. The summed E-state index contributed by atoms with van der Waals surface area (Å²) in [6.07, 6.45) is 2.31. The number of amides is 1. The summed E-state index contributed by atoms with van der Waals surface area (Å²) >= 11 is 3.33. The van der Waals surface area contributed by atoms with E-state index in [9.17, 15) is 9.59 Å². The second kappa shape index (κ2) is 5.61. The van der Waals surface area contributed by atoms with Gasteiger partial charge in [-0.2, -0.15) is 0 Å². The van der Waals surface area contributed by atoms with Crippen LogP contribution in [0.2, 0.25) is 0 Å². The third-order valence-electron chi connectivity index (χ3n) is 3.42. The molecule has 0 heterocycles.